The first-order chi connectivity index (χ1) is 12.2. The van der Waals surface area contributed by atoms with Gasteiger partial charge in [0, 0.05) is 25.3 Å². The molecule has 132 valence electrons. The zero-order chi connectivity index (χ0) is 17.6. The fourth-order valence-electron chi connectivity index (χ4n) is 3.82. The van der Waals surface area contributed by atoms with Crippen LogP contribution in [0.15, 0.2) is 66.9 Å². The van der Waals surface area contributed by atoms with Crippen molar-refractivity contribution in [2.75, 3.05) is 26.2 Å². The lowest BCUT2D eigenvalue weighted by molar-refractivity contribution is 0.125. The molecule has 0 spiro atoms. The van der Waals surface area contributed by atoms with Gasteiger partial charge < -0.3 is 4.90 Å². The van der Waals surface area contributed by atoms with E-state index in [9.17, 15) is 0 Å². The lowest BCUT2D eigenvalue weighted by Crippen LogP contribution is -2.46. The molecule has 0 bridgehead atoms. The van der Waals surface area contributed by atoms with E-state index in [2.05, 4.69) is 84.8 Å². The summed E-state index contributed by atoms with van der Waals surface area (Å²) in [6, 6.07) is 20.1. The van der Waals surface area contributed by atoms with Gasteiger partial charge in [-0.2, -0.15) is 0 Å². The molecule has 0 amide bonds. The number of benzene rings is 2. The van der Waals surface area contributed by atoms with Gasteiger partial charge in [0.2, 0.25) is 0 Å². The lowest BCUT2D eigenvalue weighted by Gasteiger charge is -2.44. The van der Waals surface area contributed by atoms with Gasteiger partial charge in [0.25, 0.3) is 0 Å². The zero-order valence-electron chi connectivity index (χ0n) is 15.6. The molecule has 2 nitrogen and oxygen atoms in total. The average molecular weight is 335 g/mol. The maximum absolute atomic E-state index is 4.44. The third-order valence-electron chi connectivity index (χ3n) is 5.19. The molecule has 0 unspecified atom stereocenters. The minimum absolute atomic E-state index is 0.316. The zero-order valence-corrected chi connectivity index (χ0v) is 15.6. The number of nitrogens with zero attached hydrogens (tertiary/aromatic N) is 2. The van der Waals surface area contributed by atoms with Crippen LogP contribution in [0.25, 0.3) is 0 Å². The molecule has 0 N–H and O–H groups in total. The molecule has 25 heavy (non-hydrogen) atoms. The number of rotatable bonds is 6. The molecule has 2 aromatic carbocycles. The molecule has 0 saturated carbocycles. The third-order valence-corrected chi connectivity index (χ3v) is 5.19. The third kappa shape index (κ3) is 4.13. The molecular formula is C23H30N2. The molecule has 1 aliphatic heterocycles. The highest BCUT2D eigenvalue weighted by atomic mass is 15.3. The molecule has 0 aromatic heterocycles. The van der Waals surface area contributed by atoms with E-state index < -0.39 is 0 Å². The van der Waals surface area contributed by atoms with Gasteiger partial charge in [-0.25, -0.2) is 0 Å². The SMILES string of the molecule is C=C1[C@H](c2ccc(Cc3ccccc3)cc2)N(CC)CCN1CCC. The van der Waals surface area contributed by atoms with Gasteiger partial charge in [-0.1, -0.05) is 75.0 Å². The predicted octanol–water partition coefficient (Wildman–Crippen LogP) is 4.88. The van der Waals surface area contributed by atoms with Gasteiger partial charge in [0.15, 0.2) is 0 Å². The maximum Gasteiger partial charge on any atom is 0.0747 e. The van der Waals surface area contributed by atoms with Crippen molar-refractivity contribution in [3.05, 3.63) is 83.6 Å². The van der Waals surface area contributed by atoms with E-state index in [0.29, 0.717) is 6.04 Å². The Morgan fingerprint density at radius 2 is 1.60 bits per heavy atom. The van der Waals surface area contributed by atoms with Crippen LogP contribution in [0.2, 0.25) is 0 Å². The van der Waals surface area contributed by atoms with Gasteiger partial charge in [0.05, 0.1) is 6.04 Å². The molecular weight excluding hydrogens is 304 g/mol. The molecule has 1 fully saturated rings. The predicted molar refractivity (Wildman–Crippen MR) is 107 cm³/mol. The van der Waals surface area contributed by atoms with Crippen molar-refractivity contribution < 1.29 is 0 Å². The Morgan fingerprint density at radius 3 is 2.24 bits per heavy atom. The molecule has 0 radical (unpaired) electrons. The second-order valence-corrected chi connectivity index (χ2v) is 6.91. The highest BCUT2D eigenvalue weighted by Crippen LogP contribution is 2.33. The molecule has 3 rings (SSSR count). The molecule has 1 heterocycles. The minimum atomic E-state index is 0.316. The van der Waals surface area contributed by atoms with Gasteiger partial charge in [0.1, 0.15) is 0 Å². The molecule has 2 heteroatoms. The fraction of sp³-hybridized carbons (Fsp3) is 0.391. The van der Waals surface area contributed by atoms with Crippen molar-refractivity contribution >= 4 is 0 Å². The monoisotopic (exact) mass is 334 g/mol. The summed E-state index contributed by atoms with van der Waals surface area (Å²) >= 11 is 0. The van der Waals surface area contributed by atoms with Crippen molar-refractivity contribution in [3.63, 3.8) is 0 Å². The van der Waals surface area contributed by atoms with Crippen LogP contribution >= 0.6 is 0 Å². The second-order valence-electron chi connectivity index (χ2n) is 6.91. The quantitative estimate of drug-likeness (QED) is 0.743. The molecule has 2 aromatic rings. The Labute approximate surface area is 152 Å². The highest BCUT2D eigenvalue weighted by Gasteiger charge is 2.29. The second kappa shape index (κ2) is 8.35. The van der Waals surface area contributed by atoms with Crippen molar-refractivity contribution in [2.45, 2.75) is 32.7 Å². The summed E-state index contributed by atoms with van der Waals surface area (Å²) in [5.74, 6) is 0. The summed E-state index contributed by atoms with van der Waals surface area (Å²) in [5.41, 5.74) is 5.35. The normalized spacial score (nSPS) is 18.6. The van der Waals surface area contributed by atoms with E-state index >= 15 is 0 Å². The lowest BCUT2D eigenvalue weighted by atomic mass is 9.96. The first-order valence-electron chi connectivity index (χ1n) is 9.53. The summed E-state index contributed by atoms with van der Waals surface area (Å²) in [4.78, 5) is 5.01. The Kier molecular flexibility index (Phi) is 5.93. The van der Waals surface area contributed by atoms with Crippen molar-refractivity contribution in [1.29, 1.82) is 0 Å². The summed E-state index contributed by atoms with van der Waals surface area (Å²) < 4.78 is 0. The van der Waals surface area contributed by atoms with Crippen LogP contribution in [0, 0.1) is 0 Å². The Morgan fingerprint density at radius 1 is 0.920 bits per heavy atom. The summed E-state index contributed by atoms with van der Waals surface area (Å²) in [7, 11) is 0. The van der Waals surface area contributed by atoms with Gasteiger partial charge >= 0.3 is 0 Å². The van der Waals surface area contributed by atoms with Crippen LogP contribution in [0.1, 0.15) is 43.0 Å². The standard InChI is InChI=1S/C23H30N2/c1-4-15-25-17-16-24(5-2)23(19(25)3)22-13-11-21(12-14-22)18-20-9-7-6-8-10-20/h6-14,23H,3-5,15-18H2,1-2H3/t23-/m1/s1. The maximum atomic E-state index is 4.44. The van der Waals surface area contributed by atoms with Crippen molar-refractivity contribution in [1.82, 2.24) is 9.80 Å². The van der Waals surface area contributed by atoms with Crippen LogP contribution < -0.4 is 0 Å². The Balaban J connectivity index is 1.77. The van der Waals surface area contributed by atoms with Gasteiger partial charge in [-0.15, -0.1) is 0 Å². The van der Waals surface area contributed by atoms with Crippen molar-refractivity contribution in [3.8, 4) is 0 Å². The number of hydrogen-bond donors (Lipinski definition) is 0. The highest BCUT2D eigenvalue weighted by molar-refractivity contribution is 5.33. The Hall–Kier alpha value is -2.06. The first-order valence-corrected chi connectivity index (χ1v) is 9.53. The van der Waals surface area contributed by atoms with Crippen LogP contribution in [0.4, 0.5) is 0 Å². The van der Waals surface area contributed by atoms with E-state index in [-0.39, 0.29) is 0 Å². The van der Waals surface area contributed by atoms with Crippen molar-refractivity contribution in [2.24, 2.45) is 0 Å². The van der Waals surface area contributed by atoms with E-state index in [1.807, 2.05) is 0 Å². The summed E-state index contributed by atoms with van der Waals surface area (Å²) in [6.45, 7) is 13.3. The first kappa shape index (κ1) is 17.8. The molecule has 1 atom stereocenters. The average Bonchev–Trinajstić information content (AvgIpc) is 2.65. The number of hydrogen-bond acceptors (Lipinski definition) is 2. The summed E-state index contributed by atoms with van der Waals surface area (Å²) in [5, 5.41) is 0. The minimum Gasteiger partial charge on any atom is -0.372 e. The van der Waals surface area contributed by atoms with E-state index in [4.69, 9.17) is 0 Å². The van der Waals surface area contributed by atoms with Gasteiger partial charge in [-0.05, 0) is 36.1 Å². The topological polar surface area (TPSA) is 6.48 Å². The number of piperazine rings is 1. The van der Waals surface area contributed by atoms with Crippen LogP contribution in [0.5, 0.6) is 0 Å². The van der Waals surface area contributed by atoms with Crippen LogP contribution in [-0.2, 0) is 6.42 Å². The Bertz CT molecular complexity index is 675. The number of likely N-dealkylation sites (N-methyl/N-ethyl adjacent to an activating group) is 1. The molecule has 1 aliphatic rings. The van der Waals surface area contributed by atoms with Crippen LogP contribution in [-0.4, -0.2) is 36.0 Å². The van der Waals surface area contributed by atoms with Gasteiger partial charge in [-0.3, -0.25) is 4.90 Å². The molecule has 0 aliphatic carbocycles. The molecule has 1 saturated heterocycles. The van der Waals surface area contributed by atoms with E-state index in [0.717, 1.165) is 32.6 Å². The smallest absolute Gasteiger partial charge is 0.0747 e. The van der Waals surface area contributed by atoms with Crippen LogP contribution in [0.3, 0.4) is 0 Å². The largest absolute Gasteiger partial charge is 0.372 e. The van der Waals surface area contributed by atoms with E-state index in [1.54, 1.807) is 0 Å². The summed E-state index contributed by atoms with van der Waals surface area (Å²) in [6.07, 6.45) is 2.17. The van der Waals surface area contributed by atoms with E-state index in [1.165, 1.54) is 28.8 Å². The fourth-order valence-corrected chi connectivity index (χ4v) is 3.82.